The molecule has 3 aromatic heterocycles. The van der Waals surface area contributed by atoms with Crippen LogP contribution in [0, 0.1) is 0 Å². The van der Waals surface area contributed by atoms with Gasteiger partial charge >= 0.3 is 0 Å². The number of aromatic nitrogens is 3. The molecule has 3 heterocycles. The molecule has 0 aliphatic carbocycles. The number of thioether (sulfide) groups is 1. The molecule has 0 atom stereocenters. The van der Waals surface area contributed by atoms with Gasteiger partial charge in [0.05, 0.1) is 0 Å². The fraction of sp³-hybridized carbons (Fsp3) is 0.188. The zero-order chi connectivity index (χ0) is 15.9. The van der Waals surface area contributed by atoms with E-state index in [9.17, 15) is 4.79 Å². The number of rotatable bonds is 7. The van der Waals surface area contributed by atoms with Gasteiger partial charge in [-0.2, -0.15) is 11.8 Å². The number of nitrogens with zero attached hydrogens (tertiary/aromatic N) is 3. The van der Waals surface area contributed by atoms with Crippen molar-refractivity contribution >= 4 is 29.0 Å². The summed E-state index contributed by atoms with van der Waals surface area (Å²) in [6.45, 7) is 0.650. The van der Waals surface area contributed by atoms with Gasteiger partial charge in [0.2, 0.25) is 0 Å². The quantitative estimate of drug-likeness (QED) is 0.670. The SMILES string of the molecule is O=C(NCCSCc1cccs1)c1ccnc(-n2ccnc2)c1. The van der Waals surface area contributed by atoms with Crippen LogP contribution in [0.25, 0.3) is 5.82 Å². The van der Waals surface area contributed by atoms with Gasteiger partial charge in [0.25, 0.3) is 5.91 Å². The van der Waals surface area contributed by atoms with Gasteiger partial charge in [-0.15, -0.1) is 11.3 Å². The first-order valence-electron chi connectivity index (χ1n) is 7.15. The maximum Gasteiger partial charge on any atom is 0.251 e. The minimum Gasteiger partial charge on any atom is -0.351 e. The van der Waals surface area contributed by atoms with E-state index in [-0.39, 0.29) is 5.91 Å². The summed E-state index contributed by atoms with van der Waals surface area (Å²) >= 11 is 3.58. The van der Waals surface area contributed by atoms with Crippen molar-refractivity contribution in [1.82, 2.24) is 19.9 Å². The van der Waals surface area contributed by atoms with Crippen LogP contribution in [0.4, 0.5) is 0 Å². The predicted molar refractivity (Wildman–Crippen MR) is 94.2 cm³/mol. The number of amides is 1. The smallest absolute Gasteiger partial charge is 0.251 e. The molecule has 5 nitrogen and oxygen atoms in total. The van der Waals surface area contributed by atoms with Crippen molar-refractivity contribution in [1.29, 1.82) is 0 Å². The van der Waals surface area contributed by atoms with Crippen molar-refractivity contribution in [3.63, 3.8) is 0 Å². The summed E-state index contributed by atoms with van der Waals surface area (Å²) < 4.78 is 1.77. The molecule has 0 fully saturated rings. The van der Waals surface area contributed by atoms with Crippen LogP contribution < -0.4 is 5.32 Å². The summed E-state index contributed by atoms with van der Waals surface area (Å²) in [5.74, 6) is 2.49. The summed E-state index contributed by atoms with van der Waals surface area (Å²) in [5, 5.41) is 5.02. The Hall–Kier alpha value is -2.12. The zero-order valence-electron chi connectivity index (χ0n) is 12.4. The Bertz CT molecular complexity index is 741. The predicted octanol–water partition coefficient (Wildman–Crippen LogP) is 2.99. The van der Waals surface area contributed by atoms with Crippen LogP contribution >= 0.6 is 23.1 Å². The molecular formula is C16H16N4OS2. The molecule has 0 saturated carbocycles. The first-order chi connectivity index (χ1) is 11.3. The van der Waals surface area contributed by atoms with Crippen molar-refractivity contribution < 1.29 is 4.79 Å². The molecule has 0 aromatic carbocycles. The lowest BCUT2D eigenvalue weighted by molar-refractivity contribution is 0.0956. The van der Waals surface area contributed by atoms with Crippen molar-refractivity contribution in [2.24, 2.45) is 0 Å². The molecular weight excluding hydrogens is 328 g/mol. The highest BCUT2D eigenvalue weighted by Crippen LogP contribution is 2.16. The number of carbonyl (C=O) groups excluding carboxylic acids is 1. The monoisotopic (exact) mass is 344 g/mol. The highest BCUT2D eigenvalue weighted by molar-refractivity contribution is 7.98. The third kappa shape index (κ3) is 4.43. The number of hydrogen-bond acceptors (Lipinski definition) is 5. The standard InChI is InChI=1S/C16H16N4OS2/c21-16(19-6-9-22-11-14-2-1-8-23-14)13-3-4-18-15(10-13)20-7-5-17-12-20/h1-5,7-8,10,12H,6,9,11H2,(H,19,21). The van der Waals surface area contributed by atoms with Gasteiger partial charge in [-0.25, -0.2) is 9.97 Å². The van der Waals surface area contributed by atoms with Crippen molar-refractivity contribution in [3.05, 3.63) is 65.0 Å². The minimum absolute atomic E-state index is 0.0783. The van der Waals surface area contributed by atoms with Crippen molar-refractivity contribution in [3.8, 4) is 5.82 Å². The van der Waals surface area contributed by atoms with Crippen LogP contribution in [-0.4, -0.2) is 32.7 Å². The minimum atomic E-state index is -0.0783. The molecule has 3 rings (SSSR count). The Kier molecular flexibility index (Phi) is 5.44. The van der Waals surface area contributed by atoms with E-state index in [0.29, 0.717) is 17.9 Å². The lowest BCUT2D eigenvalue weighted by Crippen LogP contribution is -2.25. The number of nitrogens with one attached hydrogen (secondary N) is 1. The van der Waals surface area contributed by atoms with Gasteiger partial charge in [-0.1, -0.05) is 6.07 Å². The number of pyridine rings is 1. The molecule has 1 amide bonds. The largest absolute Gasteiger partial charge is 0.351 e. The number of carbonyl (C=O) groups is 1. The van der Waals surface area contributed by atoms with Gasteiger partial charge in [0.1, 0.15) is 12.1 Å². The van der Waals surface area contributed by atoms with E-state index >= 15 is 0 Å². The number of thiophene rings is 1. The van der Waals surface area contributed by atoms with E-state index in [0.717, 1.165) is 11.5 Å². The fourth-order valence-electron chi connectivity index (χ4n) is 2.00. The first-order valence-corrected chi connectivity index (χ1v) is 9.19. The van der Waals surface area contributed by atoms with Crippen LogP contribution in [0.15, 0.2) is 54.6 Å². The third-order valence-corrected chi connectivity index (χ3v) is 5.20. The van der Waals surface area contributed by atoms with Crippen molar-refractivity contribution in [2.75, 3.05) is 12.3 Å². The van der Waals surface area contributed by atoms with Gasteiger partial charge in [0.15, 0.2) is 0 Å². The molecule has 0 spiro atoms. The van der Waals surface area contributed by atoms with E-state index in [1.807, 2.05) is 11.8 Å². The van der Waals surface area contributed by atoms with E-state index in [1.54, 1.807) is 53.0 Å². The second-order valence-electron chi connectivity index (χ2n) is 4.76. The number of hydrogen-bond donors (Lipinski definition) is 1. The topological polar surface area (TPSA) is 59.8 Å². The highest BCUT2D eigenvalue weighted by Gasteiger charge is 2.07. The average Bonchev–Trinajstić information content (AvgIpc) is 3.28. The van der Waals surface area contributed by atoms with Gasteiger partial charge in [0, 0.05) is 47.1 Å². The molecule has 0 aliphatic heterocycles. The van der Waals surface area contributed by atoms with Crippen LogP contribution in [0.5, 0.6) is 0 Å². The molecule has 23 heavy (non-hydrogen) atoms. The molecule has 0 unspecified atom stereocenters. The Balaban J connectivity index is 1.47. The maximum atomic E-state index is 12.2. The van der Waals surface area contributed by atoms with Gasteiger partial charge < -0.3 is 5.32 Å². The fourth-order valence-corrected chi connectivity index (χ4v) is 3.70. The van der Waals surface area contributed by atoms with Crippen LogP contribution in [0.1, 0.15) is 15.2 Å². The van der Waals surface area contributed by atoms with E-state index < -0.39 is 0 Å². The average molecular weight is 344 g/mol. The summed E-state index contributed by atoms with van der Waals surface area (Å²) in [4.78, 5) is 21.8. The zero-order valence-corrected chi connectivity index (χ0v) is 14.0. The normalized spacial score (nSPS) is 10.6. The molecule has 0 saturated heterocycles. The Morgan fingerprint density at radius 2 is 2.30 bits per heavy atom. The van der Waals surface area contributed by atoms with Crippen LogP contribution in [-0.2, 0) is 5.75 Å². The highest BCUT2D eigenvalue weighted by atomic mass is 32.2. The summed E-state index contributed by atoms with van der Waals surface area (Å²) in [7, 11) is 0. The van der Waals surface area contributed by atoms with E-state index in [2.05, 4.69) is 32.8 Å². The molecule has 0 aliphatic rings. The van der Waals surface area contributed by atoms with Crippen LogP contribution in [0.3, 0.4) is 0 Å². The molecule has 118 valence electrons. The molecule has 0 radical (unpaired) electrons. The Morgan fingerprint density at radius 1 is 1.35 bits per heavy atom. The molecule has 7 heteroatoms. The Morgan fingerprint density at radius 3 is 3.09 bits per heavy atom. The van der Waals surface area contributed by atoms with Gasteiger partial charge in [-0.05, 0) is 23.6 Å². The second kappa shape index (κ2) is 7.94. The summed E-state index contributed by atoms with van der Waals surface area (Å²) in [6.07, 6.45) is 6.77. The molecule has 0 bridgehead atoms. The molecule has 3 aromatic rings. The summed E-state index contributed by atoms with van der Waals surface area (Å²) in [6, 6.07) is 7.67. The third-order valence-electron chi connectivity index (χ3n) is 3.13. The first kappa shape index (κ1) is 15.8. The molecule has 1 N–H and O–H groups in total. The lowest BCUT2D eigenvalue weighted by Gasteiger charge is -2.07. The van der Waals surface area contributed by atoms with E-state index in [1.165, 1.54) is 4.88 Å². The van der Waals surface area contributed by atoms with Crippen LogP contribution in [0.2, 0.25) is 0 Å². The van der Waals surface area contributed by atoms with Crippen molar-refractivity contribution in [2.45, 2.75) is 5.75 Å². The Labute approximate surface area is 142 Å². The van der Waals surface area contributed by atoms with E-state index in [4.69, 9.17) is 0 Å². The maximum absolute atomic E-state index is 12.2. The summed E-state index contributed by atoms with van der Waals surface area (Å²) in [5.41, 5.74) is 0.604. The van der Waals surface area contributed by atoms with Gasteiger partial charge in [-0.3, -0.25) is 9.36 Å². The number of imidazole rings is 1. The lowest BCUT2D eigenvalue weighted by atomic mass is 10.2. The second-order valence-corrected chi connectivity index (χ2v) is 6.90.